The van der Waals surface area contributed by atoms with Crippen LogP contribution in [-0.4, -0.2) is 17.5 Å². The molecule has 0 saturated carbocycles. The number of oxazole rings is 1. The van der Waals surface area contributed by atoms with Crippen LogP contribution >= 0.6 is 11.6 Å². The Morgan fingerprint density at radius 1 is 1.10 bits per heavy atom. The largest absolute Gasteiger partial charge is 0.483 e. The zero-order valence-electron chi connectivity index (χ0n) is 16.0. The van der Waals surface area contributed by atoms with Gasteiger partial charge in [-0.3, -0.25) is 4.79 Å². The van der Waals surface area contributed by atoms with Crippen molar-refractivity contribution in [2.45, 2.75) is 13.8 Å². The van der Waals surface area contributed by atoms with Crippen molar-refractivity contribution in [1.29, 1.82) is 0 Å². The molecule has 1 amide bonds. The molecule has 146 valence electrons. The van der Waals surface area contributed by atoms with E-state index in [-0.39, 0.29) is 12.5 Å². The molecule has 0 aliphatic heterocycles. The maximum atomic E-state index is 12.3. The number of nitrogens with zero attached hydrogens (tertiary/aromatic N) is 1. The van der Waals surface area contributed by atoms with E-state index in [1.54, 1.807) is 24.3 Å². The van der Waals surface area contributed by atoms with Gasteiger partial charge in [-0.1, -0.05) is 35.9 Å². The summed E-state index contributed by atoms with van der Waals surface area (Å²) in [6.07, 6.45) is 0. The standard InChI is InChI=1S/C23H19ClN2O3/c1-14-7-8-15(2)20(11-14)28-13-22(27)25-16-9-10-19-21(12-16)29-23(26-19)17-5-3-4-6-18(17)24/h3-12H,13H2,1-2H3,(H,25,27). The molecule has 3 aromatic carbocycles. The van der Waals surface area contributed by atoms with Gasteiger partial charge in [0, 0.05) is 11.8 Å². The summed E-state index contributed by atoms with van der Waals surface area (Å²) in [6.45, 7) is 3.85. The quantitative estimate of drug-likeness (QED) is 0.456. The first-order valence-electron chi connectivity index (χ1n) is 9.15. The van der Waals surface area contributed by atoms with Gasteiger partial charge in [0.05, 0.1) is 10.6 Å². The van der Waals surface area contributed by atoms with Gasteiger partial charge in [0.1, 0.15) is 11.3 Å². The number of aryl methyl sites for hydroxylation is 2. The molecule has 1 heterocycles. The molecule has 29 heavy (non-hydrogen) atoms. The van der Waals surface area contributed by atoms with Crippen LogP contribution in [0.3, 0.4) is 0 Å². The lowest BCUT2D eigenvalue weighted by Gasteiger charge is -2.10. The summed E-state index contributed by atoms with van der Waals surface area (Å²) < 4.78 is 11.5. The highest BCUT2D eigenvalue weighted by Crippen LogP contribution is 2.30. The van der Waals surface area contributed by atoms with E-state index in [1.807, 2.05) is 50.2 Å². The van der Waals surface area contributed by atoms with E-state index in [0.717, 1.165) is 16.7 Å². The van der Waals surface area contributed by atoms with Crippen LogP contribution in [0.4, 0.5) is 5.69 Å². The van der Waals surface area contributed by atoms with Crippen molar-refractivity contribution >= 4 is 34.3 Å². The minimum Gasteiger partial charge on any atom is -0.483 e. The molecule has 4 aromatic rings. The van der Waals surface area contributed by atoms with Crippen molar-refractivity contribution in [2.24, 2.45) is 0 Å². The third kappa shape index (κ3) is 4.25. The Morgan fingerprint density at radius 3 is 2.76 bits per heavy atom. The zero-order valence-corrected chi connectivity index (χ0v) is 16.8. The number of aromatic nitrogens is 1. The Balaban J connectivity index is 1.47. The Bertz CT molecular complexity index is 1200. The minimum absolute atomic E-state index is 0.0798. The van der Waals surface area contributed by atoms with Crippen LogP contribution in [0.2, 0.25) is 5.02 Å². The average molecular weight is 407 g/mol. The molecular weight excluding hydrogens is 388 g/mol. The first-order valence-corrected chi connectivity index (χ1v) is 9.53. The van der Waals surface area contributed by atoms with Gasteiger partial charge in [0.15, 0.2) is 12.2 Å². The molecule has 1 aromatic heterocycles. The second-order valence-corrected chi connectivity index (χ2v) is 7.19. The van der Waals surface area contributed by atoms with Crippen molar-refractivity contribution < 1.29 is 13.9 Å². The first-order chi connectivity index (χ1) is 14.0. The maximum absolute atomic E-state index is 12.3. The highest BCUT2D eigenvalue weighted by atomic mass is 35.5. The summed E-state index contributed by atoms with van der Waals surface area (Å²) in [4.78, 5) is 16.8. The molecule has 6 heteroatoms. The second kappa shape index (κ2) is 7.97. The lowest BCUT2D eigenvalue weighted by atomic mass is 10.1. The number of ether oxygens (including phenoxy) is 1. The van der Waals surface area contributed by atoms with Crippen LogP contribution < -0.4 is 10.1 Å². The van der Waals surface area contributed by atoms with E-state index in [9.17, 15) is 4.79 Å². The molecule has 0 atom stereocenters. The number of rotatable bonds is 5. The first kappa shape index (κ1) is 19.0. The number of amides is 1. The second-order valence-electron chi connectivity index (χ2n) is 6.79. The monoisotopic (exact) mass is 406 g/mol. The topological polar surface area (TPSA) is 64.4 Å². The highest BCUT2D eigenvalue weighted by molar-refractivity contribution is 6.33. The Morgan fingerprint density at radius 2 is 1.93 bits per heavy atom. The molecule has 0 fully saturated rings. The highest BCUT2D eigenvalue weighted by Gasteiger charge is 2.12. The number of halogens is 1. The fraction of sp³-hybridized carbons (Fsp3) is 0.130. The summed E-state index contributed by atoms with van der Waals surface area (Å²) >= 11 is 6.22. The van der Waals surface area contributed by atoms with Crippen molar-refractivity contribution in [2.75, 3.05) is 11.9 Å². The molecule has 0 unspecified atom stereocenters. The van der Waals surface area contributed by atoms with Crippen molar-refractivity contribution in [3.8, 4) is 17.2 Å². The molecule has 5 nitrogen and oxygen atoms in total. The molecule has 4 rings (SSSR count). The predicted molar refractivity (Wildman–Crippen MR) is 114 cm³/mol. The van der Waals surface area contributed by atoms with Gasteiger partial charge in [0.25, 0.3) is 5.91 Å². The Hall–Kier alpha value is -3.31. The van der Waals surface area contributed by atoms with Crippen LogP contribution in [-0.2, 0) is 4.79 Å². The summed E-state index contributed by atoms with van der Waals surface area (Å²) in [5.74, 6) is 0.888. The van der Waals surface area contributed by atoms with E-state index in [1.165, 1.54) is 0 Å². The summed E-state index contributed by atoms with van der Waals surface area (Å²) in [7, 11) is 0. The third-order valence-corrected chi connectivity index (χ3v) is 4.81. The predicted octanol–water partition coefficient (Wildman–Crippen LogP) is 5.78. The smallest absolute Gasteiger partial charge is 0.262 e. The van der Waals surface area contributed by atoms with Crippen LogP contribution in [0.25, 0.3) is 22.6 Å². The number of hydrogen-bond donors (Lipinski definition) is 1. The van der Waals surface area contributed by atoms with Gasteiger partial charge >= 0.3 is 0 Å². The lowest BCUT2D eigenvalue weighted by Crippen LogP contribution is -2.20. The van der Waals surface area contributed by atoms with Crippen molar-refractivity contribution in [3.05, 3.63) is 76.8 Å². The molecule has 0 saturated heterocycles. The molecule has 0 radical (unpaired) electrons. The molecule has 0 spiro atoms. The van der Waals surface area contributed by atoms with E-state index >= 15 is 0 Å². The Labute approximate surface area is 173 Å². The van der Waals surface area contributed by atoms with Gasteiger partial charge in [-0.15, -0.1) is 0 Å². The van der Waals surface area contributed by atoms with Gasteiger partial charge in [-0.05, 0) is 55.3 Å². The molecular formula is C23H19ClN2O3. The van der Waals surface area contributed by atoms with Gasteiger partial charge < -0.3 is 14.5 Å². The number of benzene rings is 3. The Kier molecular flexibility index (Phi) is 5.23. The number of fused-ring (bicyclic) bond motifs is 1. The minimum atomic E-state index is -0.254. The van der Waals surface area contributed by atoms with Gasteiger partial charge in [-0.25, -0.2) is 4.98 Å². The van der Waals surface area contributed by atoms with E-state index < -0.39 is 0 Å². The van der Waals surface area contributed by atoms with Crippen LogP contribution in [0, 0.1) is 13.8 Å². The van der Waals surface area contributed by atoms with Crippen molar-refractivity contribution in [3.63, 3.8) is 0 Å². The SMILES string of the molecule is Cc1ccc(C)c(OCC(=O)Nc2ccc3nc(-c4ccccc4Cl)oc3c2)c1. The number of carbonyl (C=O) groups excluding carboxylic acids is 1. The van der Waals surface area contributed by atoms with Crippen LogP contribution in [0.5, 0.6) is 5.75 Å². The summed E-state index contributed by atoms with van der Waals surface area (Å²) in [6, 6.07) is 18.5. The average Bonchev–Trinajstić information content (AvgIpc) is 3.12. The number of carbonyl (C=O) groups is 1. The molecule has 0 aliphatic carbocycles. The van der Waals surface area contributed by atoms with Gasteiger partial charge in [-0.2, -0.15) is 0 Å². The van der Waals surface area contributed by atoms with E-state index in [2.05, 4.69) is 10.3 Å². The van der Waals surface area contributed by atoms with Crippen LogP contribution in [0.1, 0.15) is 11.1 Å². The van der Waals surface area contributed by atoms with Crippen molar-refractivity contribution in [1.82, 2.24) is 4.98 Å². The summed E-state index contributed by atoms with van der Waals surface area (Å²) in [5.41, 5.74) is 4.64. The van der Waals surface area contributed by atoms with E-state index in [0.29, 0.717) is 33.4 Å². The zero-order chi connectivity index (χ0) is 20.4. The molecule has 0 aliphatic rings. The number of nitrogens with one attached hydrogen (secondary N) is 1. The molecule has 0 bridgehead atoms. The summed E-state index contributed by atoms with van der Waals surface area (Å²) in [5, 5.41) is 3.39. The third-order valence-electron chi connectivity index (χ3n) is 4.48. The fourth-order valence-electron chi connectivity index (χ4n) is 2.96. The molecule has 1 N–H and O–H groups in total. The number of anilines is 1. The normalized spacial score (nSPS) is 10.9. The van der Waals surface area contributed by atoms with Crippen LogP contribution in [0.15, 0.2) is 65.1 Å². The fourth-order valence-corrected chi connectivity index (χ4v) is 3.17. The number of hydrogen-bond acceptors (Lipinski definition) is 4. The maximum Gasteiger partial charge on any atom is 0.262 e. The van der Waals surface area contributed by atoms with E-state index in [4.69, 9.17) is 20.8 Å². The van der Waals surface area contributed by atoms with Gasteiger partial charge in [0.2, 0.25) is 5.89 Å². The lowest BCUT2D eigenvalue weighted by molar-refractivity contribution is -0.118.